The van der Waals surface area contributed by atoms with Crippen LogP contribution < -0.4 is 19.1 Å². The van der Waals surface area contributed by atoms with E-state index in [4.69, 9.17) is 9.47 Å². The van der Waals surface area contributed by atoms with Gasteiger partial charge in [0.2, 0.25) is 0 Å². The molecule has 1 atom stereocenters. The second-order valence-electron chi connectivity index (χ2n) is 8.19. The summed E-state index contributed by atoms with van der Waals surface area (Å²) in [5, 5.41) is 11.3. The minimum atomic E-state index is -4.88. The number of methoxy groups -OCH3 is 2. The van der Waals surface area contributed by atoms with Gasteiger partial charge in [0.15, 0.2) is 11.5 Å². The Morgan fingerprint density at radius 1 is 0.919 bits per heavy atom. The zero-order valence-electron chi connectivity index (χ0n) is 20.0. The van der Waals surface area contributed by atoms with Crippen LogP contribution in [0.5, 0.6) is 17.2 Å². The number of ether oxygens (including phenoxy) is 3. The van der Waals surface area contributed by atoms with Gasteiger partial charge in [-0.15, -0.1) is 13.2 Å². The number of carbonyl (C=O) groups is 2. The van der Waals surface area contributed by atoms with E-state index in [1.807, 2.05) is 13.0 Å². The molecular formula is C27H22F3NO6. The summed E-state index contributed by atoms with van der Waals surface area (Å²) < 4.78 is 52.2. The van der Waals surface area contributed by atoms with Crippen LogP contribution in [0.15, 0.2) is 72.3 Å². The Bertz CT molecular complexity index is 1380. The van der Waals surface area contributed by atoms with Gasteiger partial charge in [-0.25, -0.2) is 0 Å². The molecule has 1 amide bonds. The lowest BCUT2D eigenvalue weighted by Crippen LogP contribution is -2.29. The van der Waals surface area contributed by atoms with Crippen molar-refractivity contribution < 1.29 is 42.1 Å². The van der Waals surface area contributed by atoms with E-state index >= 15 is 0 Å². The number of hydrogen-bond donors (Lipinski definition) is 1. The molecule has 1 aliphatic heterocycles. The number of halogens is 3. The molecule has 10 heteroatoms. The predicted octanol–water partition coefficient (Wildman–Crippen LogP) is 5.54. The molecule has 0 radical (unpaired) electrons. The molecule has 0 saturated carbocycles. The smallest absolute Gasteiger partial charge is 0.507 e. The van der Waals surface area contributed by atoms with Crippen molar-refractivity contribution in [3.05, 3.63) is 89.0 Å². The number of Topliss-reactive ketones (excluding diaryl/α,β-unsaturated/α-hetero) is 1. The summed E-state index contributed by atoms with van der Waals surface area (Å²) in [6, 6.07) is 15.1. The molecule has 1 fully saturated rings. The summed E-state index contributed by atoms with van der Waals surface area (Å²) in [4.78, 5) is 27.6. The fourth-order valence-electron chi connectivity index (χ4n) is 4.20. The number of carbonyl (C=O) groups excluding carboxylic acids is 2. The summed E-state index contributed by atoms with van der Waals surface area (Å²) in [7, 11) is 2.87. The Labute approximate surface area is 210 Å². The molecule has 1 N–H and O–H groups in total. The van der Waals surface area contributed by atoms with E-state index in [1.165, 1.54) is 38.5 Å². The molecule has 1 unspecified atom stereocenters. The topological polar surface area (TPSA) is 85.3 Å². The molecule has 4 rings (SSSR count). The van der Waals surface area contributed by atoms with E-state index < -0.39 is 35.6 Å². The molecule has 3 aromatic carbocycles. The Kier molecular flexibility index (Phi) is 6.84. The van der Waals surface area contributed by atoms with Crippen molar-refractivity contribution >= 4 is 23.1 Å². The van der Waals surface area contributed by atoms with Crippen LogP contribution in [0.2, 0.25) is 0 Å². The molecule has 3 aromatic rings. The van der Waals surface area contributed by atoms with Crippen LogP contribution in [-0.4, -0.2) is 37.4 Å². The van der Waals surface area contributed by atoms with Crippen molar-refractivity contribution in [2.75, 3.05) is 19.1 Å². The maximum Gasteiger partial charge on any atom is 0.573 e. The van der Waals surface area contributed by atoms with E-state index in [1.54, 1.807) is 24.3 Å². The number of aryl methyl sites for hydroxylation is 1. The lowest BCUT2D eigenvalue weighted by molar-refractivity contribution is -0.274. The van der Waals surface area contributed by atoms with Crippen LogP contribution in [0.3, 0.4) is 0 Å². The van der Waals surface area contributed by atoms with E-state index in [0.717, 1.165) is 22.6 Å². The number of nitrogens with zero attached hydrogens (tertiary/aromatic N) is 1. The lowest BCUT2D eigenvalue weighted by Gasteiger charge is -2.26. The molecular weight excluding hydrogens is 491 g/mol. The van der Waals surface area contributed by atoms with E-state index in [2.05, 4.69) is 4.74 Å². The van der Waals surface area contributed by atoms with Gasteiger partial charge < -0.3 is 19.3 Å². The average Bonchev–Trinajstić information content (AvgIpc) is 3.13. The Morgan fingerprint density at radius 3 is 2.19 bits per heavy atom. The number of hydrogen-bond acceptors (Lipinski definition) is 6. The first kappa shape index (κ1) is 25.6. The molecule has 192 valence electrons. The molecule has 1 heterocycles. The van der Waals surface area contributed by atoms with Gasteiger partial charge >= 0.3 is 6.36 Å². The minimum Gasteiger partial charge on any atom is -0.507 e. The van der Waals surface area contributed by atoms with Gasteiger partial charge in [0.25, 0.3) is 11.7 Å². The summed E-state index contributed by atoms with van der Waals surface area (Å²) in [6.45, 7) is 1.83. The normalized spacial score (nSPS) is 17.1. The highest BCUT2D eigenvalue weighted by Crippen LogP contribution is 2.43. The highest BCUT2D eigenvalue weighted by atomic mass is 19.4. The summed E-state index contributed by atoms with van der Waals surface area (Å²) in [5.74, 6) is -2.12. The number of alkyl halides is 3. The molecule has 0 spiro atoms. The Hall–Kier alpha value is -4.47. The quantitative estimate of drug-likeness (QED) is 0.265. The predicted molar refractivity (Wildman–Crippen MR) is 129 cm³/mol. The number of aliphatic hydroxyl groups is 1. The van der Waals surface area contributed by atoms with Crippen LogP contribution in [0.4, 0.5) is 18.9 Å². The number of amides is 1. The van der Waals surface area contributed by atoms with E-state index in [-0.39, 0.29) is 16.8 Å². The van der Waals surface area contributed by atoms with Crippen LogP contribution in [0.1, 0.15) is 22.7 Å². The molecule has 0 bridgehead atoms. The highest BCUT2D eigenvalue weighted by Gasteiger charge is 2.47. The van der Waals surface area contributed by atoms with Crippen LogP contribution >= 0.6 is 0 Å². The largest absolute Gasteiger partial charge is 0.573 e. The van der Waals surface area contributed by atoms with Crippen LogP contribution in [0.25, 0.3) is 5.76 Å². The summed E-state index contributed by atoms with van der Waals surface area (Å²) in [5.41, 5.74) is 1.54. The third-order valence-corrected chi connectivity index (χ3v) is 5.81. The highest BCUT2D eigenvalue weighted by molar-refractivity contribution is 6.51. The third kappa shape index (κ3) is 5.09. The van der Waals surface area contributed by atoms with Gasteiger partial charge in [0.05, 0.1) is 25.8 Å². The fourth-order valence-corrected chi connectivity index (χ4v) is 4.20. The zero-order chi connectivity index (χ0) is 26.9. The standard InChI is InChI=1S/C27H22F3NO6/c1-15-5-4-6-16(13-15)23-22(24(32)17-7-12-20(35-2)21(14-17)36-3)25(33)26(34)31(23)18-8-10-19(11-9-18)37-27(28,29)30/h4-14,23,32H,1-3H3/b24-22-. The maximum absolute atomic E-state index is 13.3. The Balaban J connectivity index is 1.87. The van der Waals surface area contributed by atoms with Crippen molar-refractivity contribution in [1.82, 2.24) is 0 Å². The summed E-state index contributed by atoms with van der Waals surface area (Å²) in [6.07, 6.45) is -4.88. The number of aliphatic hydroxyl groups excluding tert-OH is 1. The van der Waals surface area contributed by atoms with Gasteiger partial charge in [0.1, 0.15) is 11.5 Å². The fraction of sp³-hybridized carbons (Fsp3) is 0.185. The van der Waals surface area contributed by atoms with Crippen molar-refractivity contribution in [2.45, 2.75) is 19.3 Å². The Morgan fingerprint density at radius 2 is 1.59 bits per heavy atom. The maximum atomic E-state index is 13.3. The number of rotatable bonds is 6. The van der Waals surface area contributed by atoms with Gasteiger partial charge in [-0.1, -0.05) is 29.8 Å². The van der Waals surface area contributed by atoms with E-state index in [0.29, 0.717) is 17.1 Å². The first-order valence-corrected chi connectivity index (χ1v) is 11.0. The van der Waals surface area contributed by atoms with Crippen molar-refractivity contribution in [2.24, 2.45) is 0 Å². The first-order chi connectivity index (χ1) is 17.5. The van der Waals surface area contributed by atoms with Gasteiger partial charge in [-0.3, -0.25) is 14.5 Å². The number of anilines is 1. The molecule has 0 aromatic heterocycles. The van der Waals surface area contributed by atoms with Gasteiger partial charge in [-0.2, -0.15) is 0 Å². The molecule has 0 aliphatic carbocycles. The van der Waals surface area contributed by atoms with Crippen molar-refractivity contribution in [3.8, 4) is 17.2 Å². The van der Waals surface area contributed by atoms with Gasteiger partial charge in [0, 0.05) is 11.3 Å². The molecule has 1 aliphatic rings. The third-order valence-electron chi connectivity index (χ3n) is 5.81. The lowest BCUT2D eigenvalue weighted by atomic mass is 9.94. The van der Waals surface area contributed by atoms with Gasteiger partial charge in [-0.05, 0) is 55.0 Å². The van der Waals surface area contributed by atoms with Crippen molar-refractivity contribution in [3.63, 3.8) is 0 Å². The number of benzene rings is 3. The average molecular weight is 513 g/mol. The second-order valence-corrected chi connectivity index (χ2v) is 8.19. The van der Waals surface area contributed by atoms with E-state index in [9.17, 15) is 27.9 Å². The van der Waals surface area contributed by atoms with Crippen LogP contribution in [0, 0.1) is 6.92 Å². The SMILES string of the molecule is COc1ccc(/C(O)=C2/C(=O)C(=O)N(c3ccc(OC(F)(F)F)cc3)C2c2cccc(C)c2)cc1OC. The molecule has 7 nitrogen and oxygen atoms in total. The summed E-state index contributed by atoms with van der Waals surface area (Å²) >= 11 is 0. The van der Waals surface area contributed by atoms with Crippen molar-refractivity contribution in [1.29, 1.82) is 0 Å². The van der Waals surface area contributed by atoms with Crippen LogP contribution in [-0.2, 0) is 9.59 Å². The first-order valence-electron chi connectivity index (χ1n) is 11.0. The molecule has 1 saturated heterocycles. The zero-order valence-corrected chi connectivity index (χ0v) is 20.0. The molecule has 37 heavy (non-hydrogen) atoms. The monoisotopic (exact) mass is 513 g/mol. The minimum absolute atomic E-state index is 0.148. The number of ketones is 1. The second kappa shape index (κ2) is 9.88.